The molecule has 0 heterocycles. The van der Waals surface area contributed by atoms with Crippen molar-refractivity contribution in [2.24, 2.45) is 11.8 Å². The molecule has 0 aromatic heterocycles. The Balaban J connectivity index is 2.03. The minimum atomic E-state index is -1.03. The molecule has 1 fully saturated rings. The van der Waals surface area contributed by atoms with Crippen LogP contribution in [0.3, 0.4) is 0 Å². The fourth-order valence-corrected chi connectivity index (χ4v) is 4.49. The Kier molecular flexibility index (Phi) is 7.09. The van der Waals surface area contributed by atoms with Crippen LogP contribution in [0.25, 0.3) is 6.08 Å². The Hall–Kier alpha value is -2.17. The molecule has 29 heavy (non-hydrogen) atoms. The highest BCUT2D eigenvalue weighted by atomic mass is 16.3. The lowest BCUT2D eigenvalue weighted by atomic mass is 9.75. The SMILES string of the molecule is C=C1/C=C\C2CCCCC2CC(=O)c2c(O)cc(CC)cc2/C=C/CC(O)C1O. The van der Waals surface area contributed by atoms with Gasteiger partial charge in [0, 0.05) is 6.42 Å². The lowest BCUT2D eigenvalue weighted by Crippen LogP contribution is -2.27. The van der Waals surface area contributed by atoms with Gasteiger partial charge in [-0.2, -0.15) is 0 Å². The van der Waals surface area contributed by atoms with Gasteiger partial charge in [0.2, 0.25) is 0 Å². The third kappa shape index (κ3) is 5.06. The minimum absolute atomic E-state index is 0.0259. The van der Waals surface area contributed by atoms with Crippen LogP contribution in [-0.2, 0) is 6.42 Å². The number of benzene rings is 1. The van der Waals surface area contributed by atoms with Crippen LogP contribution < -0.4 is 0 Å². The smallest absolute Gasteiger partial charge is 0.167 e. The third-order valence-electron chi connectivity index (χ3n) is 6.29. The number of carbonyl (C=O) groups excluding carboxylic acids is 1. The van der Waals surface area contributed by atoms with E-state index in [9.17, 15) is 20.1 Å². The van der Waals surface area contributed by atoms with E-state index in [2.05, 4.69) is 6.58 Å². The van der Waals surface area contributed by atoms with Crippen molar-refractivity contribution in [1.82, 2.24) is 0 Å². The number of rotatable bonds is 1. The summed E-state index contributed by atoms with van der Waals surface area (Å²) in [5.74, 6) is 0.421. The quantitative estimate of drug-likeness (QED) is 0.649. The first-order chi connectivity index (χ1) is 13.9. The Bertz CT molecular complexity index is 820. The number of aromatic hydroxyl groups is 1. The molecular formula is C25H32O4. The van der Waals surface area contributed by atoms with Gasteiger partial charge in [-0.3, -0.25) is 4.79 Å². The lowest BCUT2D eigenvalue weighted by Gasteiger charge is -2.29. The Morgan fingerprint density at radius 1 is 1.14 bits per heavy atom. The van der Waals surface area contributed by atoms with Gasteiger partial charge in [0.25, 0.3) is 0 Å². The largest absolute Gasteiger partial charge is 0.507 e. The molecule has 0 amide bonds. The first kappa shape index (κ1) is 21.5. The predicted octanol–water partition coefficient (Wildman–Crippen LogP) is 4.58. The fourth-order valence-electron chi connectivity index (χ4n) is 4.49. The third-order valence-corrected chi connectivity index (χ3v) is 6.29. The highest BCUT2D eigenvalue weighted by Crippen LogP contribution is 2.36. The van der Waals surface area contributed by atoms with E-state index in [1.807, 2.05) is 19.1 Å². The topological polar surface area (TPSA) is 77.8 Å². The summed E-state index contributed by atoms with van der Waals surface area (Å²) in [7, 11) is 0. The molecule has 0 radical (unpaired) electrons. The molecule has 4 atom stereocenters. The van der Waals surface area contributed by atoms with Gasteiger partial charge in [0.1, 0.15) is 11.9 Å². The highest BCUT2D eigenvalue weighted by Gasteiger charge is 2.28. The number of aliphatic hydroxyl groups is 2. The molecule has 4 heteroatoms. The van der Waals surface area contributed by atoms with Crippen molar-refractivity contribution in [2.45, 2.75) is 64.1 Å². The number of ketones is 1. The van der Waals surface area contributed by atoms with Crippen molar-refractivity contribution in [3.63, 3.8) is 0 Å². The fraction of sp³-hybridized carbons (Fsp3) is 0.480. The molecule has 3 N–H and O–H groups in total. The van der Waals surface area contributed by atoms with Crippen LogP contribution in [0.4, 0.5) is 0 Å². The molecule has 3 rings (SSSR count). The molecule has 0 spiro atoms. The molecule has 4 nitrogen and oxygen atoms in total. The number of carbonyl (C=O) groups is 1. The van der Waals surface area contributed by atoms with E-state index < -0.39 is 12.2 Å². The molecule has 0 aliphatic heterocycles. The second kappa shape index (κ2) is 9.55. The summed E-state index contributed by atoms with van der Waals surface area (Å²) < 4.78 is 0. The van der Waals surface area contributed by atoms with Gasteiger partial charge < -0.3 is 15.3 Å². The van der Waals surface area contributed by atoms with Crippen molar-refractivity contribution in [1.29, 1.82) is 0 Å². The van der Waals surface area contributed by atoms with Crippen molar-refractivity contribution < 1.29 is 20.1 Å². The zero-order chi connectivity index (χ0) is 21.0. The monoisotopic (exact) mass is 396 g/mol. The first-order valence-corrected chi connectivity index (χ1v) is 10.7. The van der Waals surface area contributed by atoms with E-state index in [1.165, 1.54) is 0 Å². The molecular weight excluding hydrogens is 364 g/mol. The average Bonchev–Trinajstić information content (AvgIpc) is 2.71. The molecule has 4 unspecified atom stereocenters. The van der Waals surface area contributed by atoms with Gasteiger partial charge in [0.05, 0.1) is 11.7 Å². The number of Topliss-reactive ketones (excluding diaryl/α,β-unsaturated/α-hetero) is 1. The molecule has 0 saturated heterocycles. The second-order valence-corrected chi connectivity index (χ2v) is 8.35. The standard InChI is InChI=1S/C25H32O4/c1-3-17-13-20-9-6-10-21(26)25(29)16(2)11-12-18-7-4-5-8-19(18)15-23(28)24(20)22(27)14-17/h6,9,11-14,18-19,21,25-27,29H,2-5,7-8,10,15H2,1H3/b9-6+,12-11-. The van der Waals surface area contributed by atoms with Crippen molar-refractivity contribution in [2.75, 3.05) is 0 Å². The van der Waals surface area contributed by atoms with Gasteiger partial charge in [0.15, 0.2) is 5.78 Å². The van der Waals surface area contributed by atoms with E-state index in [4.69, 9.17) is 0 Å². The van der Waals surface area contributed by atoms with Crippen LogP contribution in [0.2, 0.25) is 0 Å². The summed E-state index contributed by atoms with van der Waals surface area (Å²) in [5, 5.41) is 31.3. The minimum Gasteiger partial charge on any atom is -0.507 e. The Morgan fingerprint density at radius 2 is 1.90 bits per heavy atom. The summed E-state index contributed by atoms with van der Waals surface area (Å²) in [4.78, 5) is 13.2. The van der Waals surface area contributed by atoms with Gasteiger partial charge in [-0.25, -0.2) is 0 Å². The maximum Gasteiger partial charge on any atom is 0.167 e. The number of allylic oxidation sites excluding steroid dienone is 1. The Labute approximate surface area is 173 Å². The summed E-state index contributed by atoms with van der Waals surface area (Å²) >= 11 is 0. The molecule has 156 valence electrons. The molecule has 1 aromatic carbocycles. The number of fused-ring (bicyclic) bond motifs is 2. The van der Waals surface area contributed by atoms with Crippen molar-refractivity contribution in [3.8, 4) is 5.75 Å². The molecule has 1 aromatic rings. The first-order valence-electron chi connectivity index (χ1n) is 10.7. The molecule has 0 bridgehead atoms. The molecule has 2 aliphatic carbocycles. The normalized spacial score (nSPS) is 30.7. The number of phenolic OH excluding ortho intramolecular Hbond substituents is 1. The number of hydrogen-bond donors (Lipinski definition) is 3. The van der Waals surface area contributed by atoms with Crippen LogP contribution in [0, 0.1) is 11.8 Å². The van der Waals surface area contributed by atoms with Gasteiger partial charge in [-0.1, -0.05) is 56.7 Å². The average molecular weight is 397 g/mol. The van der Waals surface area contributed by atoms with E-state index in [1.54, 1.807) is 24.3 Å². The van der Waals surface area contributed by atoms with E-state index in [0.717, 1.165) is 37.7 Å². The summed E-state index contributed by atoms with van der Waals surface area (Å²) in [6.45, 7) is 5.92. The number of phenols is 1. The number of aliphatic hydroxyl groups excluding tert-OH is 2. The van der Waals surface area contributed by atoms with Gasteiger partial charge in [-0.15, -0.1) is 0 Å². The maximum absolute atomic E-state index is 13.2. The zero-order valence-corrected chi connectivity index (χ0v) is 17.2. The van der Waals surface area contributed by atoms with Crippen molar-refractivity contribution >= 4 is 11.9 Å². The Morgan fingerprint density at radius 3 is 2.66 bits per heavy atom. The maximum atomic E-state index is 13.2. The number of aryl methyl sites for hydroxylation is 1. The van der Waals surface area contributed by atoms with Crippen molar-refractivity contribution in [3.05, 3.63) is 59.2 Å². The predicted molar refractivity (Wildman–Crippen MR) is 116 cm³/mol. The second-order valence-electron chi connectivity index (χ2n) is 8.35. The highest BCUT2D eigenvalue weighted by molar-refractivity contribution is 6.02. The van der Waals surface area contributed by atoms with Crippen LogP contribution in [0.15, 0.2) is 42.5 Å². The summed E-state index contributed by atoms with van der Waals surface area (Å²) in [6.07, 6.45) is 10.9. The summed E-state index contributed by atoms with van der Waals surface area (Å²) in [6, 6.07) is 3.60. The molecule has 2 aliphatic rings. The zero-order valence-electron chi connectivity index (χ0n) is 17.2. The van der Waals surface area contributed by atoms with Gasteiger partial charge >= 0.3 is 0 Å². The number of hydrogen-bond acceptors (Lipinski definition) is 4. The van der Waals surface area contributed by atoms with Crippen LogP contribution in [0.5, 0.6) is 5.75 Å². The van der Waals surface area contributed by atoms with E-state index >= 15 is 0 Å². The summed E-state index contributed by atoms with van der Waals surface area (Å²) in [5.41, 5.74) is 2.48. The van der Waals surface area contributed by atoms with E-state index in [-0.39, 0.29) is 29.8 Å². The van der Waals surface area contributed by atoms with Gasteiger partial charge in [-0.05, 0) is 60.3 Å². The van der Waals surface area contributed by atoms with E-state index in [0.29, 0.717) is 23.1 Å². The lowest BCUT2D eigenvalue weighted by molar-refractivity contribution is 0.0465. The van der Waals surface area contributed by atoms with Crippen LogP contribution in [-0.4, -0.2) is 33.3 Å². The molecule has 1 saturated carbocycles. The van der Waals surface area contributed by atoms with Crippen LogP contribution in [0.1, 0.15) is 66.9 Å². The van der Waals surface area contributed by atoms with Crippen LogP contribution >= 0.6 is 0 Å².